The number of carbonyl (C=O) groups excluding carboxylic acids is 1. The van der Waals surface area contributed by atoms with E-state index in [0.29, 0.717) is 5.76 Å². The third-order valence-electron chi connectivity index (χ3n) is 0.397. The zero-order valence-electron chi connectivity index (χ0n) is 4.61. The summed E-state index contributed by atoms with van der Waals surface area (Å²) < 4.78 is 4.52. The minimum absolute atomic E-state index is 0.222. The first-order valence-corrected chi connectivity index (χ1v) is 3.21. The minimum Gasteiger partial charge on any atom is -0.431 e. The highest BCUT2D eigenvalue weighted by atomic mass is 79.9. The molecule has 0 aromatic rings. The van der Waals surface area contributed by atoms with Crippen LogP contribution in [0.3, 0.4) is 0 Å². The van der Waals surface area contributed by atoms with Crippen LogP contribution in [0.1, 0.15) is 6.92 Å². The molecule has 2 nitrogen and oxygen atoms in total. The zero-order chi connectivity index (χ0) is 6.57. The highest BCUT2D eigenvalue weighted by Crippen LogP contribution is 1.92. The van der Waals surface area contributed by atoms with Gasteiger partial charge in [-0.1, -0.05) is 22.5 Å². The molecular formula is C5H7BrO2. The van der Waals surface area contributed by atoms with E-state index in [1.165, 1.54) is 0 Å². The van der Waals surface area contributed by atoms with Gasteiger partial charge in [-0.25, -0.2) is 0 Å². The van der Waals surface area contributed by atoms with E-state index in [4.69, 9.17) is 0 Å². The lowest BCUT2D eigenvalue weighted by atomic mass is 10.6. The van der Waals surface area contributed by atoms with Crippen LogP contribution in [0.15, 0.2) is 12.3 Å². The number of hydrogen-bond donors (Lipinski definition) is 0. The highest BCUT2D eigenvalue weighted by Gasteiger charge is 1.96. The van der Waals surface area contributed by atoms with Gasteiger partial charge in [-0.2, -0.15) is 0 Å². The lowest BCUT2D eigenvalue weighted by molar-refractivity contribution is -0.136. The maximum Gasteiger partial charge on any atom is 0.321 e. The van der Waals surface area contributed by atoms with Crippen LogP contribution < -0.4 is 0 Å². The Morgan fingerprint density at radius 1 is 1.88 bits per heavy atom. The second-order valence-electron chi connectivity index (χ2n) is 1.31. The first-order chi connectivity index (χ1) is 3.66. The van der Waals surface area contributed by atoms with Crippen molar-refractivity contribution in [2.45, 2.75) is 6.92 Å². The van der Waals surface area contributed by atoms with Crippen LogP contribution >= 0.6 is 15.9 Å². The van der Waals surface area contributed by atoms with Crippen molar-refractivity contribution in [3.05, 3.63) is 12.3 Å². The predicted octanol–water partition coefficient (Wildman–Crippen LogP) is 1.46. The van der Waals surface area contributed by atoms with Gasteiger partial charge in [-0.05, 0) is 6.92 Å². The van der Waals surface area contributed by atoms with Crippen molar-refractivity contribution in [1.82, 2.24) is 0 Å². The first-order valence-electron chi connectivity index (χ1n) is 2.09. The number of ether oxygens (including phenoxy) is 1. The van der Waals surface area contributed by atoms with Gasteiger partial charge in [-0.3, -0.25) is 4.79 Å². The van der Waals surface area contributed by atoms with E-state index in [9.17, 15) is 4.79 Å². The van der Waals surface area contributed by atoms with Crippen LogP contribution in [0, 0.1) is 0 Å². The van der Waals surface area contributed by atoms with Gasteiger partial charge in [0.05, 0.1) is 5.76 Å². The van der Waals surface area contributed by atoms with Gasteiger partial charge in [0.15, 0.2) is 0 Å². The van der Waals surface area contributed by atoms with Gasteiger partial charge >= 0.3 is 5.97 Å². The zero-order valence-corrected chi connectivity index (χ0v) is 6.19. The molecule has 3 heteroatoms. The van der Waals surface area contributed by atoms with Gasteiger partial charge < -0.3 is 4.74 Å². The van der Waals surface area contributed by atoms with Crippen molar-refractivity contribution < 1.29 is 9.53 Å². The van der Waals surface area contributed by atoms with E-state index in [2.05, 4.69) is 27.2 Å². The molecule has 0 aliphatic rings. The normalized spacial score (nSPS) is 8.25. The smallest absolute Gasteiger partial charge is 0.321 e. The Kier molecular flexibility index (Phi) is 3.52. The molecule has 0 rings (SSSR count). The largest absolute Gasteiger partial charge is 0.431 e. The molecule has 0 saturated carbocycles. The molecule has 8 heavy (non-hydrogen) atoms. The molecule has 0 radical (unpaired) electrons. The first kappa shape index (κ1) is 7.69. The number of esters is 1. The third kappa shape index (κ3) is 3.87. The average Bonchev–Trinajstić information content (AvgIpc) is 1.65. The predicted molar refractivity (Wildman–Crippen MR) is 34.7 cm³/mol. The lowest BCUT2D eigenvalue weighted by Crippen LogP contribution is -2.02. The van der Waals surface area contributed by atoms with E-state index in [1.54, 1.807) is 6.92 Å². The Bertz CT molecular complexity index is 109. The number of alkyl halides is 1. The summed E-state index contributed by atoms with van der Waals surface area (Å²) in [5, 5.41) is 0.222. The van der Waals surface area contributed by atoms with Gasteiger partial charge in [-0.15, -0.1) is 0 Å². The Labute approximate surface area is 56.7 Å². The molecule has 0 aromatic heterocycles. The van der Waals surface area contributed by atoms with Crippen LogP contribution in [0.4, 0.5) is 0 Å². The molecule has 0 spiro atoms. The monoisotopic (exact) mass is 178 g/mol. The SMILES string of the molecule is C=C(C)OC(=O)CBr. The van der Waals surface area contributed by atoms with E-state index in [1.807, 2.05) is 0 Å². The molecule has 46 valence electrons. The molecule has 0 aliphatic heterocycles. The topological polar surface area (TPSA) is 26.3 Å². The summed E-state index contributed by atoms with van der Waals surface area (Å²) in [4.78, 5) is 10.3. The summed E-state index contributed by atoms with van der Waals surface area (Å²) in [5.41, 5.74) is 0. The summed E-state index contributed by atoms with van der Waals surface area (Å²) in [6, 6.07) is 0. The van der Waals surface area contributed by atoms with E-state index in [0.717, 1.165) is 0 Å². The maximum atomic E-state index is 10.3. The number of allylic oxidation sites excluding steroid dienone is 1. The molecule has 0 fully saturated rings. The fourth-order valence-corrected chi connectivity index (χ4v) is 0.336. The Balaban J connectivity index is 3.40. The summed E-state index contributed by atoms with van der Waals surface area (Å²) in [6.07, 6.45) is 0. The molecular weight excluding hydrogens is 172 g/mol. The Morgan fingerprint density at radius 3 is 2.50 bits per heavy atom. The van der Waals surface area contributed by atoms with Crippen LogP contribution in [-0.2, 0) is 9.53 Å². The molecule has 0 amide bonds. The highest BCUT2D eigenvalue weighted by molar-refractivity contribution is 9.09. The fourth-order valence-electron chi connectivity index (χ4n) is 0.222. The van der Waals surface area contributed by atoms with Crippen molar-refractivity contribution in [1.29, 1.82) is 0 Å². The second-order valence-corrected chi connectivity index (χ2v) is 1.87. The van der Waals surface area contributed by atoms with Gasteiger partial charge in [0, 0.05) is 0 Å². The summed E-state index contributed by atoms with van der Waals surface area (Å²) in [6.45, 7) is 5.00. The van der Waals surface area contributed by atoms with E-state index < -0.39 is 0 Å². The third-order valence-corrected chi connectivity index (χ3v) is 0.855. The minimum atomic E-state index is -0.308. The summed E-state index contributed by atoms with van der Waals surface area (Å²) >= 11 is 2.93. The van der Waals surface area contributed by atoms with Crippen LogP contribution in [-0.4, -0.2) is 11.3 Å². The quantitative estimate of drug-likeness (QED) is 0.364. The van der Waals surface area contributed by atoms with E-state index >= 15 is 0 Å². The molecule has 0 heterocycles. The molecule has 0 N–H and O–H groups in total. The summed E-state index contributed by atoms with van der Waals surface area (Å²) in [5.74, 6) is 0.118. The van der Waals surface area contributed by atoms with Crippen molar-refractivity contribution >= 4 is 21.9 Å². The standard InChI is InChI=1S/C5H7BrO2/c1-4(2)8-5(7)3-6/h1,3H2,2H3. The Morgan fingerprint density at radius 2 is 2.38 bits per heavy atom. The van der Waals surface area contributed by atoms with Crippen molar-refractivity contribution in [3.8, 4) is 0 Å². The number of halogens is 1. The van der Waals surface area contributed by atoms with Crippen molar-refractivity contribution in [2.75, 3.05) is 5.33 Å². The van der Waals surface area contributed by atoms with Crippen LogP contribution in [0.25, 0.3) is 0 Å². The molecule has 0 unspecified atom stereocenters. The lowest BCUT2D eigenvalue weighted by Gasteiger charge is -1.96. The van der Waals surface area contributed by atoms with Crippen LogP contribution in [0.2, 0.25) is 0 Å². The Hall–Kier alpha value is -0.310. The fraction of sp³-hybridized carbons (Fsp3) is 0.400. The summed E-state index contributed by atoms with van der Waals surface area (Å²) in [7, 11) is 0. The van der Waals surface area contributed by atoms with Crippen molar-refractivity contribution in [3.63, 3.8) is 0 Å². The second kappa shape index (κ2) is 3.66. The van der Waals surface area contributed by atoms with Gasteiger partial charge in [0.1, 0.15) is 5.33 Å². The average molecular weight is 179 g/mol. The van der Waals surface area contributed by atoms with Gasteiger partial charge in [0.2, 0.25) is 0 Å². The number of carbonyl (C=O) groups is 1. The molecule has 0 aliphatic carbocycles. The number of rotatable bonds is 2. The van der Waals surface area contributed by atoms with E-state index in [-0.39, 0.29) is 11.3 Å². The molecule has 0 aromatic carbocycles. The molecule has 0 atom stereocenters. The van der Waals surface area contributed by atoms with Crippen LogP contribution in [0.5, 0.6) is 0 Å². The molecule has 0 bridgehead atoms. The number of hydrogen-bond acceptors (Lipinski definition) is 2. The van der Waals surface area contributed by atoms with Crippen molar-refractivity contribution in [2.24, 2.45) is 0 Å². The van der Waals surface area contributed by atoms with Gasteiger partial charge in [0.25, 0.3) is 0 Å². The molecule has 0 saturated heterocycles. The maximum absolute atomic E-state index is 10.3.